The van der Waals surface area contributed by atoms with E-state index in [4.69, 9.17) is 4.74 Å². The molecule has 0 saturated heterocycles. The van der Waals surface area contributed by atoms with Crippen molar-refractivity contribution in [3.8, 4) is 5.75 Å². The van der Waals surface area contributed by atoms with Crippen molar-refractivity contribution in [2.75, 3.05) is 5.32 Å². The Bertz CT molecular complexity index is 683. The molecule has 1 unspecified atom stereocenters. The summed E-state index contributed by atoms with van der Waals surface area (Å²) in [5.41, 5.74) is 0.260. The fourth-order valence-corrected chi connectivity index (χ4v) is 1.82. The van der Waals surface area contributed by atoms with Gasteiger partial charge in [-0.15, -0.1) is 13.2 Å². The van der Waals surface area contributed by atoms with Gasteiger partial charge in [-0.2, -0.15) is 0 Å². The lowest BCUT2D eigenvalue weighted by molar-refractivity contribution is -0.462. The average Bonchev–Trinajstić information content (AvgIpc) is 2.95. The van der Waals surface area contributed by atoms with Crippen LogP contribution in [0.4, 0.5) is 18.9 Å². The van der Waals surface area contributed by atoms with Gasteiger partial charge in [-0.3, -0.25) is 14.9 Å². The van der Waals surface area contributed by atoms with E-state index in [9.17, 15) is 28.1 Å². The Hall–Kier alpha value is -3.04. The largest absolute Gasteiger partial charge is 0.573 e. The van der Waals surface area contributed by atoms with Crippen LogP contribution in [-0.4, -0.2) is 23.3 Å². The lowest BCUT2D eigenvalue weighted by atomic mass is 10.2. The molecule has 0 bridgehead atoms. The molecule has 0 fully saturated rings. The molecule has 1 aromatic rings. The number of anilines is 1. The first kappa shape index (κ1) is 17.3. The van der Waals surface area contributed by atoms with Crippen molar-refractivity contribution in [3.05, 3.63) is 58.5 Å². The maximum absolute atomic E-state index is 12.0. The molecule has 0 saturated carbocycles. The van der Waals surface area contributed by atoms with Gasteiger partial charge in [0.2, 0.25) is 5.91 Å². The number of amides is 1. The highest BCUT2D eigenvalue weighted by atomic mass is 19.4. The summed E-state index contributed by atoms with van der Waals surface area (Å²) in [6.45, 7) is 0. The molecule has 1 heterocycles. The highest BCUT2D eigenvalue weighted by Crippen LogP contribution is 2.24. The van der Waals surface area contributed by atoms with Crippen LogP contribution in [0.1, 0.15) is 6.42 Å². The zero-order valence-corrected chi connectivity index (χ0v) is 11.9. The Kier molecular flexibility index (Phi) is 5.07. The van der Waals surface area contributed by atoms with E-state index in [2.05, 4.69) is 10.1 Å². The minimum atomic E-state index is -4.79. The van der Waals surface area contributed by atoms with Gasteiger partial charge in [0.15, 0.2) is 0 Å². The number of carbonyl (C=O) groups excluding carboxylic acids is 1. The highest BCUT2D eigenvalue weighted by molar-refractivity contribution is 5.99. The van der Waals surface area contributed by atoms with Gasteiger partial charge >= 0.3 is 12.2 Å². The predicted molar refractivity (Wildman–Crippen MR) is 75.5 cm³/mol. The second kappa shape index (κ2) is 7.02. The Morgan fingerprint density at radius 2 is 2.04 bits per heavy atom. The number of rotatable bonds is 5. The maximum Gasteiger partial charge on any atom is 0.573 e. The van der Waals surface area contributed by atoms with E-state index in [0.29, 0.717) is 0 Å². The van der Waals surface area contributed by atoms with Crippen LogP contribution in [-0.2, 0) is 9.53 Å². The van der Waals surface area contributed by atoms with Crippen molar-refractivity contribution in [2.45, 2.75) is 18.9 Å². The molecule has 128 valence electrons. The first-order chi connectivity index (χ1) is 11.2. The summed E-state index contributed by atoms with van der Waals surface area (Å²) in [6.07, 6.45) is -1.36. The Morgan fingerprint density at radius 1 is 1.38 bits per heavy atom. The zero-order valence-electron chi connectivity index (χ0n) is 11.9. The Labute approximate surface area is 133 Å². The second-order valence-corrected chi connectivity index (χ2v) is 4.61. The third-order valence-corrected chi connectivity index (χ3v) is 2.79. The summed E-state index contributed by atoms with van der Waals surface area (Å²) in [4.78, 5) is 21.5. The Balaban J connectivity index is 1.84. The number of halogens is 3. The van der Waals surface area contributed by atoms with E-state index < -0.39 is 29.0 Å². The molecule has 7 nitrogen and oxygen atoms in total. The van der Waals surface area contributed by atoms with Crippen LogP contribution >= 0.6 is 0 Å². The van der Waals surface area contributed by atoms with Crippen LogP contribution in [0.5, 0.6) is 5.75 Å². The molecule has 1 atom stereocenters. The van der Waals surface area contributed by atoms with Crippen LogP contribution in [0.2, 0.25) is 0 Å². The van der Waals surface area contributed by atoms with E-state index in [1.807, 2.05) is 0 Å². The van der Waals surface area contributed by atoms with Crippen LogP contribution in [0.15, 0.2) is 48.4 Å². The number of alkyl halides is 3. The zero-order chi connectivity index (χ0) is 17.7. The minimum absolute atomic E-state index is 0.260. The number of carbonyl (C=O) groups is 1. The molecule has 0 aromatic heterocycles. The lowest BCUT2D eigenvalue weighted by Gasteiger charge is -2.09. The monoisotopic (exact) mass is 344 g/mol. The Morgan fingerprint density at radius 3 is 2.58 bits per heavy atom. The van der Waals surface area contributed by atoms with Crippen molar-refractivity contribution < 1.29 is 32.4 Å². The molecule has 1 amide bonds. The number of hydrogen-bond donors (Lipinski definition) is 1. The number of nitrogens with one attached hydrogen (secondary N) is 1. The first-order valence-corrected chi connectivity index (χ1v) is 6.59. The quantitative estimate of drug-likeness (QED) is 0.504. The van der Waals surface area contributed by atoms with Crippen molar-refractivity contribution in [1.82, 2.24) is 0 Å². The molecule has 1 N–H and O–H groups in total. The number of hydrogen-bond acceptors (Lipinski definition) is 5. The van der Waals surface area contributed by atoms with Gasteiger partial charge in [0.1, 0.15) is 16.8 Å². The smallest absolute Gasteiger partial charge is 0.433 e. The van der Waals surface area contributed by atoms with Gasteiger partial charge in [-0.05, 0) is 30.3 Å². The normalized spacial score (nSPS) is 17.3. The average molecular weight is 344 g/mol. The van der Waals surface area contributed by atoms with Gasteiger partial charge in [-0.25, -0.2) is 0 Å². The first-order valence-electron chi connectivity index (χ1n) is 6.59. The summed E-state index contributed by atoms with van der Waals surface area (Å²) in [5, 5.41) is 12.9. The van der Waals surface area contributed by atoms with Crippen molar-refractivity contribution >= 4 is 11.6 Å². The van der Waals surface area contributed by atoms with Gasteiger partial charge in [0, 0.05) is 24.3 Å². The van der Waals surface area contributed by atoms with Gasteiger partial charge in [0.25, 0.3) is 0 Å². The van der Waals surface area contributed by atoms with Crippen LogP contribution in [0, 0.1) is 10.1 Å². The van der Waals surface area contributed by atoms with E-state index in [1.165, 1.54) is 24.3 Å². The molecular formula is C14H11F3N2O5. The highest BCUT2D eigenvalue weighted by Gasteiger charge is 2.31. The summed E-state index contributed by atoms with van der Waals surface area (Å²) in [7, 11) is 0. The molecule has 0 radical (unpaired) electrons. The van der Waals surface area contributed by atoms with Crippen LogP contribution in [0.3, 0.4) is 0 Å². The maximum atomic E-state index is 12.0. The number of nitrogens with zero attached hydrogens (tertiary/aromatic N) is 1. The third-order valence-electron chi connectivity index (χ3n) is 2.79. The standard InChI is InChI=1S/C14H11F3N2O5/c15-14(16,17)24-11-3-1-9(2-4-11)18-12(20)7-5-10-6-8-13(23-10)19(21)22/h1-5,7-8,10H,6H2,(H,18,20)/b7-5+. The molecule has 2 rings (SSSR count). The summed E-state index contributed by atoms with van der Waals surface area (Å²) in [6, 6.07) is 4.59. The topological polar surface area (TPSA) is 90.7 Å². The summed E-state index contributed by atoms with van der Waals surface area (Å²) < 4.78 is 44.7. The molecule has 24 heavy (non-hydrogen) atoms. The van der Waals surface area contributed by atoms with Crippen LogP contribution < -0.4 is 10.1 Å². The van der Waals surface area contributed by atoms with E-state index in [1.54, 1.807) is 0 Å². The van der Waals surface area contributed by atoms with Gasteiger partial charge in [-0.1, -0.05) is 0 Å². The van der Waals surface area contributed by atoms with Gasteiger partial charge < -0.3 is 14.8 Å². The molecular weight excluding hydrogens is 333 g/mol. The minimum Gasteiger partial charge on any atom is -0.433 e. The van der Waals surface area contributed by atoms with E-state index in [-0.39, 0.29) is 18.0 Å². The number of nitro groups is 1. The van der Waals surface area contributed by atoms with Crippen molar-refractivity contribution in [1.29, 1.82) is 0 Å². The fraction of sp³-hybridized carbons (Fsp3) is 0.214. The van der Waals surface area contributed by atoms with Crippen molar-refractivity contribution in [2.24, 2.45) is 0 Å². The molecule has 1 aliphatic rings. The summed E-state index contributed by atoms with van der Waals surface area (Å²) >= 11 is 0. The van der Waals surface area contributed by atoms with Crippen LogP contribution in [0.25, 0.3) is 0 Å². The molecule has 1 aromatic carbocycles. The molecule has 1 aliphatic heterocycles. The second-order valence-electron chi connectivity index (χ2n) is 4.61. The third kappa shape index (κ3) is 5.30. The SMILES string of the molecule is O=C(/C=C/C1CC=C([N+](=O)[O-])O1)Nc1ccc(OC(F)(F)F)cc1. The molecule has 10 heteroatoms. The predicted octanol–water partition coefficient (Wildman–Crippen LogP) is 2.99. The fourth-order valence-electron chi connectivity index (χ4n) is 1.82. The molecule has 0 spiro atoms. The van der Waals surface area contributed by atoms with Gasteiger partial charge in [0.05, 0.1) is 0 Å². The van der Waals surface area contributed by atoms with E-state index in [0.717, 1.165) is 18.2 Å². The number of benzene rings is 1. The number of ether oxygens (including phenoxy) is 2. The lowest BCUT2D eigenvalue weighted by Crippen LogP contribution is -2.17. The summed E-state index contributed by atoms with van der Waals surface area (Å²) in [5.74, 6) is -1.34. The van der Waals surface area contributed by atoms with E-state index >= 15 is 0 Å². The molecule has 0 aliphatic carbocycles. The van der Waals surface area contributed by atoms with Crippen molar-refractivity contribution in [3.63, 3.8) is 0 Å².